The minimum absolute atomic E-state index is 0.948. The highest BCUT2D eigenvalue weighted by Gasteiger charge is 2.18. The number of hydrogen-bond acceptors (Lipinski definition) is 3. The van der Waals surface area contributed by atoms with Crippen LogP contribution < -0.4 is 0 Å². The molecule has 0 bridgehead atoms. The molecule has 0 N–H and O–H groups in total. The van der Waals surface area contributed by atoms with Crippen LogP contribution in [0.3, 0.4) is 0 Å². The number of hydrogen-bond donors (Lipinski definition) is 0. The van der Waals surface area contributed by atoms with Crippen molar-refractivity contribution in [3.63, 3.8) is 0 Å². The molecule has 0 amide bonds. The van der Waals surface area contributed by atoms with Crippen LogP contribution in [-0.4, -0.2) is 16.2 Å². The summed E-state index contributed by atoms with van der Waals surface area (Å²) in [6.45, 7) is 0. The van der Waals surface area contributed by atoms with E-state index in [2.05, 4.69) is 28.2 Å². The first-order valence-electron chi connectivity index (χ1n) is 6.56. The maximum atomic E-state index is 4.82. The predicted octanol–water partition coefficient (Wildman–Crippen LogP) is 4.00. The average molecular weight is 255 g/mol. The summed E-state index contributed by atoms with van der Waals surface area (Å²) in [5.41, 5.74) is 5.04. The number of aromatic nitrogens is 2. The molecule has 0 radical (unpaired) electrons. The first-order valence-corrected chi connectivity index (χ1v) is 6.56. The summed E-state index contributed by atoms with van der Waals surface area (Å²) in [5, 5.41) is 3.36. The van der Waals surface area contributed by atoms with Crippen molar-refractivity contribution in [2.75, 3.05) is 0 Å². The normalized spacial score (nSPS) is 12.8. The summed E-state index contributed by atoms with van der Waals surface area (Å²) in [6.07, 6.45) is 3.76. The van der Waals surface area contributed by atoms with Crippen LogP contribution in [0.5, 0.6) is 0 Å². The molecule has 0 fully saturated rings. The molecule has 3 heteroatoms. The highest BCUT2D eigenvalue weighted by molar-refractivity contribution is 6.23. The van der Waals surface area contributed by atoms with Gasteiger partial charge in [-0.15, -0.1) is 0 Å². The summed E-state index contributed by atoms with van der Waals surface area (Å²) in [4.78, 5) is 13.9. The second-order valence-corrected chi connectivity index (χ2v) is 5.00. The fourth-order valence-corrected chi connectivity index (χ4v) is 2.99. The lowest BCUT2D eigenvalue weighted by Crippen LogP contribution is -1.90. The van der Waals surface area contributed by atoms with Crippen molar-refractivity contribution < 1.29 is 0 Å². The third kappa shape index (κ3) is 1.12. The largest absolute Gasteiger partial charge is 0.255 e. The zero-order valence-corrected chi connectivity index (χ0v) is 10.5. The molecule has 4 aromatic rings. The number of para-hydroxylation sites is 1. The Bertz CT molecular complexity index is 1050. The van der Waals surface area contributed by atoms with Gasteiger partial charge < -0.3 is 0 Å². The Kier molecular flexibility index (Phi) is 1.70. The van der Waals surface area contributed by atoms with E-state index in [9.17, 15) is 0 Å². The van der Waals surface area contributed by atoms with Gasteiger partial charge in [-0.3, -0.25) is 9.98 Å². The molecule has 0 unspecified atom stereocenters. The second-order valence-electron chi connectivity index (χ2n) is 5.00. The fraction of sp³-hybridized carbons (Fsp3) is 0. The van der Waals surface area contributed by atoms with Gasteiger partial charge in [-0.05, 0) is 18.2 Å². The van der Waals surface area contributed by atoms with Crippen LogP contribution in [0.4, 0.5) is 5.69 Å². The monoisotopic (exact) mass is 255 g/mol. The van der Waals surface area contributed by atoms with Crippen molar-refractivity contribution in [1.29, 1.82) is 0 Å². The summed E-state index contributed by atoms with van der Waals surface area (Å²) in [6, 6.07) is 14.3. The van der Waals surface area contributed by atoms with Crippen LogP contribution in [0.1, 0.15) is 5.56 Å². The smallest absolute Gasteiger partial charge is 0.100 e. The Morgan fingerprint density at radius 3 is 2.85 bits per heavy atom. The van der Waals surface area contributed by atoms with Crippen molar-refractivity contribution in [2.24, 2.45) is 4.99 Å². The van der Waals surface area contributed by atoms with E-state index in [1.165, 1.54) is 0 Å². The summed E-state index contributed by atoms with van der Waals surface area (Å²) >= 11 is 0. The zero-order chi connectivity index (χ0) is 13.1. The van der Waals surface area contributed by atoms with Crippen molar-refractivity contribution in [3.05, 3.63) is 54.2 Å². The van der Waals surface area contributed by atoms with Gasteiger partial charge in [0.2, 0.25) is 0 Å². The first-order chi connectivity index (χ1) is 9.92. The standard InChI is InChI=1S/C17H9N3/c1-2-6-13-11(5-1)12-9-19-14-8-10-4-3-7-18-16(10)17(20-13)15(12)14/h1-9H. The second kappa shape index (κ2) is 3.39. The molecule has 2 aromatic heterocycles. The Hall–Kier alpha value is -2.81. The molecule has 20 heavy (non-hydrogen) atoms. The molecule has 1 aliphatic heterocycles. The molecule has 0 spiro atoms. The number of rotatable bonds is 0. The molecule has 0 saturated carbocycles. The van der Waals surface area contributed by atoms with Crippen molar-refractivity contribution >= 4 is 44.6 Å². The van der Waals surface area contributed by atoms with Crippen molar-refractivity contribution in [2.45, 2.75) is 0 Å². The van der Waals surface area contributed by atoms with E-state index in [1.54, 1.807) is 0 Å². The van der Waals surface area contributed by atoms with E-state index in [0.717, 1.165) is 44.0 Å². The topological polar surface area (TPSA) is 38.1 Å². The number of aliphatic imine (C=N–C) groups is 1. The van der Waals surface area contributed by atoms with E-state index in [1.807, 2.05) is 36.7 Å². The van der Waals surface area contributed by atoms with Crippen molar-refractivity contribution in [1.82, 2.24) is 9.97 Å². The van der Waals surface area contributed by atoms with Crippen LogP contribution in [-0.2, 0) is 0 Å². The van der Waals surface area contributed by atoms with Gasteiger partial charge in [0.05, 0.1) is 16.7 Å². The maximum Gasteiger partial charge on any atom is 0.100 e. The summed E-state index contributed by atoms with van der Waals surface area (Å²) in [7, 11) is 0. The van der Waals surface area contributed by atoms with Crippen LogP contribution in [0.25, 0.3) is 32.7 Å². The van der Waals surface area contributed by atoms with Crippen LogP contribution in [0, 0.1) is 0 Å². The lowest BCUT2D eigenvalue weighted by atomic mass is 10.0. The van der Waals surface area contributed by atoms with Gasteiger partial charge in [0.15, 0.2) is 0 Å². The number of fused-ring (bicyclic) bond motifs is 4. The van der Waals surface area contributed by atoms with Gasteiger partial charge >= 0.3 is 0 Å². The Morgan fingerprint density at radius 1 is 0.900 bits per heavy atom. The molecule has 92 valence electrons. The highest BCUT2D eigenvalue weighted by atomic mass is 14.8. The number of benzene rings is 2. The zero-order valence-electron chi connectivity index (χ0n) is 10.5. The van der Waals surface area contributed by atoms with E-state index in [-0.39, 0.29) is 0 Å². The Balaban J connectivity index is 2.17. The van der Waals surface area contributed by atoms with Gasteiger partial charge in [0.25, 0.3) is 0 Å². The lowest BCUT2D eigenvalue weighted by molar-refractivity contribution is 1.40. The van der Waals surface area contributed by atoms with Crippen molar-refractivity contribution in [3.8, 4) is 0 Å². The minimum atomic E-state index is 0.948. The van der Waals surface area contributed by atoms with E-state index in [0.29, 0.717) is 0 Å². The predicted molar refractivity (Wildman–Crippen MR) is 81.8 cm³/mol. The summed E-state index contributed by atoms with van der Waals surface area (Å²) < 4.78 is 0. The van der Waals surface area contributed by atoms with Crippen LogP contribution >= 0.6 is 0 Å². The third-order valence-electron chi connectivity index (χ3n) is 3.88. The van der Waals surface area contributed by atoms with E-state index >= 15 is 0 Å². The van der Waals surface area contributed by atoms with E-state index in [4.69, 9.17) is 4.98 Å². The Labute approximate surface area is 114 Å². The number of pyridine rings is 2. The molecular weight excluding hydrogens is 246 g/mol. The molecule has 0 atom stereocenters. The molecule has 3 nitrogen and oxygen atoms in total. The fourth-order valence-electron chi connectivity index (χ4n) is 2.99. The van der Waals surface area contributed by atoms with Gasteiger partial charge in [0.1, 0.15) is 5.52 Å². The number of nitrogens with zero attached hydrogens (tertiary/aromatic N) is 3. The summed E-state index contributed by atoms with van der Waals surface area (Å²) in [5.74, 6) is 0. The Morgan fingerprint density at radius 2 is 1.85 bits per heavy atom. The molecular formula is C17H9N3. The van der Waals surface area contributed by atoms with E-state index < -0.39 is 0 Å². The SMILES string of the molecule is C1=Nc2cc3cccnc3c3nc4ccccc4c1c23. The minimum Gasteiger partial charge on any atom is -0.255 e. The molecule has 0 aliphatic carbocycles. The first kappa shape index (κ1) is 10.0. The average Bonchev–Trinajstić information content (AvgIpc) is 2.92. The quantitative estimate of drug-likeness (QED) is 0.310. The maximum absolute atomic E-state index is 4.82. The molecule has 5 rings (SSSR count). The van der Waals surface area contributed by atoms with Gasteiger partial charge in [0, 0.05) is 34.1 Å². The molecule has 3 heterocycles. The molecule has 2 aromatic carbocycles. The third-order valence-corrected chi connectivity index (χ3v) is 3.88. The molecule has 0 saturated heterocycles. The van der Waals surface area contributed by atoms with Crippen LogP contribution in [0.2, 0.25) is 0 Å². The highest BCUT2D eigenvalue weighted by Crippen LogP contribution is 2.39. The van der Waals surface area contributed by atoms with Gasteiger partial charge in [-0.1, -0.05) is 24.3 Å². The van der Waals surface area contributed by atoms with Gasteiger partial charge in [-0.25, -0.2) is 4.98 Å². The molecule has 1 aliphatic rings. The van der Waals surface area contributed by atoms with Crippen LogP contribution in [0.15, 0.2) is 53.7 Å². The van der Waals surface area contributed by atoms with Gasteiger partial charge in [-0.2, -0.15) is 0 Å². The lowest BCUT2D eigenvalue weighted by Gasteiger charge is -2.07.